The molecule has 0 aromatic heterocycles. The number of aliphatic hydroxyl groups is 1. The van der Waals surface area contributed by atoms with E-state index in [0.717, 1.165) is 9.13 Å². The van der Waals surface area contributed by atoms with Gasteiger partial charge >= 0.3 is 6.09 Å². The Morgan fingerprint density at radius 1 is 1.44 bits per heavy atom. The Kier molecular flexibility index (Phi) is 5.40. The molecule has 1 aromatic carbocycles. The lowest BCUT2D eigenvalue weighted by Gasteiger charge is -2.28. The van der Waals surface area contributed by atoms with Crippen molar-refractivity contribution in [2.45, 2.75) is 31.8 Å². The van der Waals surface area contributed by atoms with E-state index in [1.54, 1.807) is 13.8 Å². The number of hydrogen-bond acceptors (Lipinski definition) is 3. The Morgan fingerprint density at radius 2 is 2.00 bits per heavy atom. The first-order valence-corrected chi connectivity index (χ1v) is 6.77. The number of ether oxygens (including phenoxy) is 1. The minimum Gasteiger partial charge on any atom is -0.444 e. The van der Waals surface area contributed by atoms with Crippen molar-refractivity contribution in [3.63, 3.8) is 0 Å². The Balaban J connectivity index is 2.78. The summed E-state index contributed by atoms with van der Waals surface area (Å²) < 4.78 is 6.18. The Bertz CT molecular complexity index is 403. The van der Waals surface area contributed by atoms with Gasteiger partial charge in [-0.05, 0) is 60.6 Å². The number of benzene rings is 1. The van der Waals surface area contributed by atoms with E-state index in [0.29, 0.717) is 6.42 Å². The fourth-order valence-corrected chi connectivity index (χ4v) is 2.29. The predicted molar refractivity (Wildman–Crippen MR) is 78.4 cm³/mol. The van der Waals surface area contributed by atoms with Crippen molar-refractivity contribution in [2.24, 2.45) is 5.73 Å². The van der Waals surface area contributed by atoms with Gasteiger partial charge in [-0.3, -0.25) is 0 Å². The topological polar surface area (TPSA) is 72.6 Å². The minimum absolute atomic E-state index is 0.00610. The lowest BCUT2D eigenvalue weighted by Crippen LogP contribution is -2.33. The highest BCUT2D eigenvalue weighted by atomic mass is 127. The third kappa shape index (κ3) is 4.81. The summed E-state index contributed by atoms with van der Waals surface area (Å²) in [6.07, 6.45) is -0.271. The Morgan fingerprint density at radius 3 is 2.44 bits per heavy atom. The Hall–Kier alpha value is -0.820. The van der Waals surface area contributed by atoms with Crippen LogP contribution in [-0.2, 0) is 4.74 Å². The van der Waals surface area contributed by atoms with Crippen LogP contribution in [0.3, 0.4) is 0 Å². The minimum atomic E-state index is -0.792. The lowest BCUT2D eigenvalue weighted by atomic mass is 9.88. The molecule has 0 fully saturated rings. The van der Waals surface area contributed by atoms with Crippen molar-refractivity contribution in [3.8, 4) is 0 Å². The largest absolute Gasteiger partial charge is 0.444 e. The Labute approximate surface area is 121 Å². The number of primary amides is 1. The smallest absolute Gasteiger partial charge is 0.405 e. The molecule has 1 amide bonds. The van der Waals surface area contributed by atoms with Gasteiger partial charge in [-0.25, -0.2) is 4.79 Å². The zero-order chi connectivity index (χ0) is 13.8. The fourth-order valence-electron chi connectivity index (χ4n) is 1.93. The molecule has 0 aliphatic carbocycles. The summed E-state index contributed by atoms with van der Waals surface area (Å²) in [5, 5.41) is 9.47. The summed E-state index contributed by atoms with van der Waals surface area (Å²) in [6, 6.07) is 7.92. The monoisotopic (exact) mass is 363 g/mol. The van der Waals surface area contributed by atoms with E-state index in [1.807, 2.05) is 24.3 Å². The van der Waals surface area contributed by atoms with E-state index in [4.69, 9.17) is 10.5 Å². The molecule has 18 heavy (non-hydrogen) atoms. The molecule has 5 heteroatoms. The number of aliphatic hydroxyl groups excluding tert-OH is 1. The summed E-state index contributed by atoms with van der Waals surface area (Å²) in [6.45, 7) is 3.58. The van der Waals surface area contributed by atoms with E-state index >= 15 is 0 Å². The second-order valence-corrected chi connectivity index (χ2v) is 6.06. The summed E-state index contributed by atoms with van der Waals surface area (Å²) >= 11 is 2.23. The van der Waals surface area contributed by atoms with Crippen molar-refractivity contribution in [1.82, 2.24) is 0 Å². The summed E-state index contributed by atoms with van der Waals surface area (Å²) in [5.74, 6) is -0.0728. The molecule has 3 N–H and O–H groups in total. The van der Waals surface area contributed by atoms with Crippen LogP contribution in [-0.4, -0.2) is 23.4 Å². The van der Waals surface area contributed by atoms with Crippen molar-refractivity contribution in [2.75, 3.05) is 6.61 Å². The maximum Gasteiger partial charge on any atom is 0.405 e. The zero-order valence-corrected chi connectivity index (χ0v) is 12.7. The lowest BCUT2D eigenvalue weighted by molar-refractivity contribution is 0.0285. The number of rotatable bonds is 5. The SMILES string of the molecule is CC(C)(CC(CO)c1ccc(I)cc1)OC(N)=O. The molecule has 0 heterocycles. The zero-order valence-electron chi connectivity index (χ0n) is 10.5. The van der Waals surface area contributed by atoms with Crippen LogP contribution in [0.4, 0.5) is 4.79 Å². The molecule has 0 saturated carbocycles. The summed E-state index contributed by atoms with van der Waals surface area (Å²) in [5.41, 5.74) is 5.36. The number of nitrogens with two attached hydrogens (primary N) is 1. The first-order valence-electron chi connectivity index (χ1n) is 5.69. The van der Waals surface area contributed by atoms with E-state index in [2.05, 4.69) is 22.6 Å². The van der Waals surface area contributed by atoms with Crippen LogP contribution in [0, 0.1) is 3.57 Å². The van der Waals surface area contributed by atoms with Gasteiger partial charge in [0.05, 0.1) is 6.61 Å². The van der Waals surface area contributed by atoms with Gasteiger partial charge in [0.1, 0.15) is 5.60 Å². The molecular formula is C13H18INO3. The van der Waals surface area contributed by atoms with Gasteiger partial charge in [-0.2, -0.15) is 0 Å². The van der Waals surface area contributed by atoms with Gasteiger partial charge in [0.2, 0.25) is 0 Å². The predicted octanol–water partition coefficient (Wildman–Crippen LogP) is 2.63. The molecule has 0 radical (unpaired) electrons. The maximum atomic E-state index is 10.8. The molecular weight excluding hydrogens is 345 g/mol. The standard InChI is InChI=1S/C13H18INO3/c1-13(2,18-12(15)17)7-10(8-16)9-3-5-11(14)6-4-9/h3-6,10,16H,7-8H2,1-2H3,(H2,15,17). The molecule has 1 aromatic rings. The third-order valence-corrected chi connectivity index (χ3v) is 3.40. The van der Waals surface area contributed by atoms with Gasteiger partial charge in [0.15, 0.2) is 0 Å². The molecule has 1 rings (SSSR count). The van der Waals surface area contributed by atoms with Crippen LogP contribution >= 0.6 is 22.6 Å². The fraction of sp³-hybridized carbons (Fsp3) is 0.462. The molecule has 0 spiro atoms. The van der Waals surface area contributed by atoms with Crippen LogP contribution in [0.25, 0.3) is 0 Å². The average molecular weight is 363 g/mol. The van der Waals surface area contributed by atoms with Crippen LogP contribution in [0.5, 0.6) is 0 Å². The van der Waals surface area contributed by atoms with E-state index < -0.39 is 11.7 Å². The van der Waals surface area contributed by atoms with Crippen LogP contribution in [0.2, 0.25) is 0 Å². The van der Waals surface area contributed by atoms with Crippen molar-refractivity contribution in [1.29, 1.82) is 0 Å². The molecule has 0 aliphatic rings. The van der Waals surface area contributed by atoms with E-state index in [9.17, 15) is 9.90 Å². The summed E-state index contributed by atoms with van der Waals surface area (Å²) in [4.78, 5) is 10.8. The molecule has 1 unspecified atom stereocenters. The summed E-state index contributed by atoms with van der Waals surface area (Å²) in [7, 11) is 0. The molecule has 4 nitrogen and oxygen atoms in total. The van der Waals surface area contributed by atoms with Crippen LogP contribution in [0.15, 0.2) is 24.3 Å². The van der Waals surface area contributed by atoms with E-state index in [1.165, 1.54) is 0 Å². The average Bonchev–Trinajstić information content (AvgIpc) is 2.25. The normalized spacial score (nSPS) is 13.1. The first-order chi connectivity index (χ1) is 8.34. The number of halogens is 1. The van der Waals surface area contributed by atoms with Gasteiger partial charge < -0.3 is 15.6 Å². The molecule has 1 atom stereocenters. The highest BCUT2D eigenvalue weighted by molar-refractivity contribution is 14.1. The number of hydrogen-bond donors (Lipinski definition) is 2. The number of carbonyl (C=O) groups excluding carboxylic acids is 1. The van der Waals surface area contributed by atoms with Gasteiger partial charge in [-0.15, -0.1) is 0 Å². The molecule has 0 aliphatic heterocycles. The highest BCUT2D eigenvalue weighted by Crippen LogP contribution is 2.28. The highest BCUT2D eigenvalue weighted by Gasteiger charge is 2.27. The number of carbonyl (C=O) groups is 1. The van der Waals surface area contributed by atoms with Crippen LogP contribution in [0.1, 0.15) is 31.7 Å². The van der Waals surface area contributed by atoms with Crippen molar-refractivity contribution >= 4 is 28.7 Å². The second kappa shape index (κ2) is 6.38. The van der Waals surface area contributed by atoms with Gasteiger partial charge in [-0.1, -0.05) is 12.1 Å². The maximum absolute atomic E-state index is 10.8. The second-order valence-electron chi connectivity index (χ2n) is 4.82. The molecule has 100 valence electrons. The van der Waals surface area contributed by atoms with Crippen LogP contribution < -0.4 is 5.73 Å². The third-order valence-electron chi connectivity index (χ3n) is 2.68. The first kappa shape index (κ1) is 15.2. The molecule has 0 bridgehead atoms. The number of amides is 1. The van der Waals surface area contributed by atoms with Crippen molar-refractivity contribution < 1.29 is 14.6 Å². The van der Waals surface area contributed by atoms with Crippen molar-refractivity contribution in [3.05, 3.63) is 33.4 Å². The molecule has 0 saturated heterocycles. The van der Waals surface area contributed by atoms with Gasteiger partial charge in [0, 0.05) is 9.49 Å². The van der Waals surface area contributed by atoms with E-state index in [-0.39, 0.29) is 12.5 Å². The quantitative estimate of drug-likeness (QED) is 0.790. The van der Waals surface area contributed by atoms with Gasteiger partial charge in [0.25, 0.3) is 0 Å².